The Morgan fingerprint density at radius 3 is 2.64 bits per heavy atom. The van der Waals surface area contributed by atoms with Gasteiger partial charge in [0.15, 0.2) is 0 Å². The smallest absolute Gasteiger partial charge is 0.381 e. The molecular formula is C19H23Cl2F3N2O2. The molecule has 0 bridgehead atoms. The van der Waals surface area contributed by atoms with Crippen molar-refractivity contribution in [3.8, 4) is 0 Å². The molecule has 0 aromatic heterocycles. The first-order chi connectivity index (χ1) is 13.2. The number of likely N-dealkylation sites (tertiary alicyclic amines) is 1. The number of piperidine rings is 1. The van der Waals surface area contributed by atoms with Gasteiger partial charge in [-0.05, 0) is 43.4 Å². The van der Waals surface area contributed by atoms with E-state index in [1.54, 1.807) is 12.1 Å². The van der Waals surface area contributed by atoms with Crippen LogP contribution in [0.25, 0.3) is 0 Å². The summed E-state index contributed by atoms with van der Waals surface area (Å²) in [5.41, 5.74) is 0.434. The summed E-state index contributed by atoms with van der Waals surface area (Å²) in [7, 11) is 0. The fourth-order valence-electron chi connectivity index (χ4n) is 4.01. The minimum Gasteiger partial charge on any atom is -0.381 e. The first-order valence-corrected chi connectivity index (χ1v) is 10.1. The van der Waals surface area contributed by atoms with Gasteiger partial charge in [0.2, 0.25) is 0 Å². The molecule has 1 N–H and O–H groups in total. The summed E-state index contributed by atoms with van der Waals surface area (Å²) in [6.45, 7) is 1.36. The van der Waals surface area contributed by atoms with Crippen LogP contribution >= 0.6 is 23.2 Å². The molecule has 0 spiro atoms. The van der Waals surface area contributed by atoms with E-state index >= 15 is 0 Å². The highest BCUT2D eigenvalue weighted by Crippen LogP contribution is 2.39. The molecule has 2 saturated heterocycles. The van der Waals surface area contributed by atoms with Crippen LogP contribution in [0.4, 0.5) is 18.0 Å². The predicted molar refractivity (Wildman–Crippen MR) is 102 cm³/mol. The maximum Gasteiger partial charge on any atom is 0.393 e. The average molecular weight is 439 g/mol. The average Bonchev–Trinajstić information content (AvgIpc) is 2.66. The number of benzene rings is 1. The maximum absolute atomic E-state index is 13.0. The van der Waals surface area contributed by atoms with Crippen molar-refractivity contribution < 1.29 is 22.7 Å². The Labute approximate surface area is 172 Å². The lowest BCUT2D eigenvalue weighted by molar-refractivity contribution is -0.184. The molecule has 1 unspecified atom stereocenters. The molecule has 4 nitrogen and oxygen atoms in total. The second-order valence-electron chi connectivity index (χ2n) is 7.50. The molecule has 2 amide bonds. The lowest BCUT2D eigenvalue weighted by Gasteiger charge is -2.40. The predicted octanol–water partition coefficient (Wildman–Crippen LogP) is 5.03. The third kappa shape index (κ3) is 4.86. The second kappa shape index (κ2) is 8.67. The van der Waals surface area contributed by atoms with Crippen LogP contribution in [0.1, 0.15) is 31.2 Å². The van der Waals surface area contributed by atoms with Gasteiger partial charge in [-0.1, -0.05) is 29.3 Å². The van der Waals surface area contributed by atoms with Gasteiger partial charge >= 0.3 is 12.2 Å². The third-order valence-electron chi connectivity index (χ3n) is 5.70. The van der Waals surface area contributed by atoms with Crippen molar-refractivity contribution in [2.24, 2.45) is 5.92 Å². The van der Waals surface area contributed by atoms with Crippen molar-refractivity contribution in [3.63, 3.8) is 0 Å². The molecule has 1 atom stereocenters. The number of amides is 2. The van der Waals surface area contributed by atoms with Gasteiger partial charge in [-0.3, -0.25) is 0 Å². The summed E-state index contributed by atoms with van der Waals surface area (Å²) in [4.78, 5) is 13.9. The van der Waals surface area contributed by atoms with Crippen molar-refractivity contribution in [2.45, 2.75) is 37.3 Å². The highest BCUT2D eigenvalue weighted by molar-refractivity contribution is 6.35. The van der Waals surface area contributed by atoms with Crippen LogP contribution in [0.5, 0.6) is 0 Å². The summed E-state index contributed by atoms with van der Waals surface area (Å²) in [5, 5.41) is 3.88. The largest absolute Gasteiger partial charge is 0.393 e. The minimum atomic E-state index is -4.28. The lowest BCUT2D eigenvalue weighted by Crippen LogP contribution is -2.52. The molecular weight excluding hydrogens is 416 g/mol. The first-order valence-electron chi connectivity index (χ1n) is 9.34. The molecule has 3 rings (SSSR count). The zero-order valence-electron chi connectivity index (χ0n) is 15.3. The van der Waals surface area contributed by atoms with Crippen molar-refractivity contribution in [1.29, 1.82) is 0 Å². The van der Waals surface area contributed by atoms with E-state index in [2.05, 4.69) is 5.32 Å². The summed E-state index contributed by atoms with van der Waals surface area (Å²) >= 11 is 12.4. The van der Waals surface area contributed by atoms with E-state index in [4.69, 9.17) is 27.9 Å². The molecule has 0 radical (unpaired) electrons. The van der Waals surface area contributed by atoms with Crippen LogP contribution in [0.15, 0.2) is 18.2 Å². The molecule has 0 aliphatic carbocycles. The number of halogens is 5. The number of hydrogen-bond donors (Lipinski definition) is 1. The molecule has 28 heavy (non-hydrogen) atoms. The molecule has 1 aromatic rings. The van der Waals surface area contributed by atoms with E-state index in [1.165, 1.54) is 4.90 Å². The van der Waals surface area contributed by atoms with Crippen molar-refractivity contribution in [2.75, 3.05) is 32.8 Å². The molecule has 156 valence electrons. The normalized spacial score (nSPS) is 22.8. The number of alkyl halides is 3. The quantitative estimate of drug-likeness (QED) is 0.719. The van der Waals surface area contributed by atoms with Gasteiger partial charge in [0.05, 0.1) is 5.92 Å². The van der Waals surface area contributed by atoms with E-state index in [0.29, 0.717) is 49.1 Å². The number of ether oxygens (including phenoxy) is 1. The summed E-state index contributed by atoms with van der Waals surface area (Å²) in [5.74, 6) is -1.46. The SMILES string of the molecule is O=C(NCC1(c2ccc(Cl)cc2Cl)CCOCC1)N1CCCC(C(F)(F)F)C1. The molecule has 0 saturated carbocycles. The van der Waals surface area contributed by atoms with E-state index in [1.807, 2.05) is 6.07 Å². The van der Waals surface area contributed by atoms with Gasteiger partial charge in [-0.15, -0.1) is 0 Å². The van der Waals surface area contributed by atoms with Crippen molar-refractivity contribution >= 4 is 29.2 Å². The van der Waals surface area contributed by atoms with Crippen LogP contribution in [0, 0.1) is 5.92 Å². The van der Waals surface area contributed by atoms with Crippen LogP contribution < -0.4 is 5.32 Å². The van der Waals surface area contributed by atoms with Gasteiger partial charge in [-0.2, -0.15) is 13.2 Å². The topological polar surface area (TPSA) is 41.6 Å². The summed E-state index contributed by atoms with van der Waals surface area (Å²) < 4.78 is 44.5. The van der Waals surface area contributed by atoms with Gasteiger partial charge in [0, 0.05) is 48.3 Å². The molecule has 2 aliphatic rings. The van der Waals surface area contributed by atoms with Crippen molar-refractivity contribution in [1.82, 2.24) is 10.2 Å². The maximum atomic E-state index is 13.0. The number of carbonyl (C=O) groups excluding carboxylic acids is 1. The van der Waals surface area contributed by atoms with E-state index in [-0.39, 0.29) is 19.5 Å². The standard InChI is InChI=1S/C19H23Cl2F3N2O2/c20-14-3-4-15(16(21)10-14)18(5-8-28-9-6-18)12-25-17(27)26-7-1-2-13(11-26)19(22,23)24/h3-4,10,13H,1-2,5-9,11-12H2,(H,25,27). The number of carbonyl (C=O) groups is 1. The van der Waals surface area contributed by atoms with Gasteiger partial charge in [-0.25, -0.2) is 4.79 Å². The molecule has 2 fully saturated rings. The monoisotopic (exact) mass is 438 g/mol. The van der Waals surface area contributed by atoms with E-state index in [0.717, 1.165) is 5.56 Å². The number of urea groups is 1. The number of nitrogens with zero attached hydrogens (tertiary/aromatic N) is 1. The summed E-state index contributed by atoms with van der Waals surface area (Å²) in [6.07, 6.45) is -2.56. The fraction of sp³-hybridized carbons (Fsp3) is 0.632. The Kier molecular flexibility index (Phi) is 6.67. The van der Waals surface area contributed by atoms with Crippen LogP contribution in [0.3, 0.4) is 0 Å². The summed E-state index contributed by atoms with van der Waals surface area (Å²) in [6, 6.07) is 4.80. The van der Waals surface area contributed by atoms with Crippen LogP contribution in [0.2, 0.25) is 10.0 Å². The van der Waals surface area contributed by atoms with Gasteiger partial charge in [0.25, 0.3) is 0 Å². The lowest BCUT2D eigenvalue weighted by atomic mass is 9.74. The first kappa shape index (κ1) is 21.5. The van der Waals surface area contributed by atoms with E-state index < -0.39 is 23.5 Å². The highest BCUT2D eigenvalue weighted by atomic mass is 35.5. The van der Waals surface area contributed by atoms with Crippen molar-refractivity contribution in [3.05, 3.63) is 33.8 Å². The second-order valence-corrected chi connectivity index (χ2v) is 8.35. The zero-order chi connectivity index (χ0) is 20.4. The molecule has 1 aromatic carbocycles. The number of rotatable bonds is 3. The molecule has 2 heterocycles. The molecule has 2 aliphatic heterocycles. The van der Waals surface area contributed by atoms with Gasteiger partial charge < -0.3 is 15.0 Å². The number of nitrogens with one attached hydrogen (secondary N) is 1. The highest BCUT2D eigenvalue weighted by Gasteiger charge is 2.43. The van der Waals surface area contributed by atoms with Gasteiger partial charge in [0.1, 0.15) is 0 Å². The third-order valence-corrected chi connectivity index (χ3v) is 6.25. The Morgan fingerprint density at radius 2 is 2.00 bits per heavy atom. The minimum absolute atomic E-state index is 0.0644. The Morgan fingerprint density at radius 1 is 1.29 bits per heavy atom. The Balaban J connectivity index is 1.71. The van der Waals surface area contributed by atoms with Crippen LogP contribution in [-0.4, -0.2) is 50.0 Å². The molecule has 9 heteroatoms. The number of hydrogen-bond acceptors (Lipinski definition) is 2. The van der Waals surface area contributed by atoms with Crippen LogP contribution in [-0.2, 0) is 10.2 Å². The fourth-order valence-corrected chi connectivity index (χ4v) is 4.62. The Hall–Kier alpha value is -1.18. The van der Waals surface area contributed by atoms with E-state index in [9.17, 15) is 18.0 Å². The zero-order valence-corrected chi connectivity index (χ0v) is 16.8. The Bertz CT molecular complexity index is 709.